The lowest BCUT2D eigenvalue weighted by Gasteiger charge is -2.14. The predicted octanol–water partition coefficient (Wildman–Crippen LogP) is 4.03. The molecule has 0 unspecified atom stereocenters. The first-order valence-corrected chi connectivity index (χ1v) is 7.70. The second kappa shape index (κ2) is 7.99. The molecule has 4 nitrogen and oxygen atoms in total. The molecule has 23 heavy (non-hydrogen) atoms. The van der Waals surface area contributed by atoms with Gasteiger partial charge in [0.05, 0.1) is 10.6 Å². The molecule has 1 N–H and O–H groups in total. The minimum Gasteiger partial charge on any atom is -0.456 e. The highest BCUT2D eigenvalue weighted by molar-refractivity contribution is 6.36. The van der Waals surface area contributed by atoms with E-state index < -0.39 is 11.9 Å². The molecule has 0 saturated heterocycles. The maximum absolute atomic E-state index is 12.0. The topological polar surface area (TPSA) is 55.4 Å². The van der Waals surface area contributed by atoms with E-state index in [0.29, 0.717) is 5.02 Å². The Kier molecular flexibility index (Phi) is 6.02. The molecule has 0 aliphatic rings. The van der Waals surface area contributed by atoms with Crippen molar-refractivity contribution in [1.29, 1.82) is 0 Å². The maximum atomic E-state index is 12.0. The lowest BCUT2D eigenvalue weighted by atomic mass is 10.1. The van der Waals surface area contributed by atoms with Gasteiger partial charge in [0.2, 0.25) is 0 Å². The van der Waals surface area contributed by atoms with Crippen LogP contribution in [0.1, 0.15) is 28.9 Å². The Bertz CT molecular complexity index is 704. The van der Waals surface area contributed by atoms with E-state index in [9.17, 15) is 9.59 Å². The average Bonchev–Trinajstić information content (AvgIpc) is 2.53. The quantitative estimate of drug-likeness (QED) is 0.827. The lowest BCUT2D eigenvalue weighted by Crippen LogP contribution is -2.31. The van der Waals surface area contributed by atoms with Crippen molar-refractivity contribution in [3.63, 3.8) is 0 Å². The Morgan fingerprint density at radius 3 is 2.48 bits per heavy atom. The molecule has 120 valence electrons. The molecular weight excluding hydrogens is 337 g/mol. The SMILES string of the molecule is C[C@H](OC(=O)CNC(=O)c1ccc(Cl)cc1Cl)c1ccccc1. The molecule has 0 aliphatic heterocycles. The fourth-order valence-corrected chi connectivity index (χ4v) is 2.45. The van der Waals surface area contributed by atoms with Gasteiger partial charge in [0.1, 0.15) is 12.6 Å². The molecule has 2 aromatic rings. The summed E-state index contributed by atoms with van der Waals surface area (Å²) in [6.45, 7) is 1.53. The van der Waals surface area contributed by atoms with Gasteiger partial charge in [-0.3, -0.25) is 9.59 Å². The summed E-state index contributed by atoms with van der Waals surface area (Å²) >= 11 is 11.7. The van der Waals surface area contributed by atoms with Gasteiger partial charge in [-0.2, -0.15) is 0 Å². The van der Waals surface area contributed by atoms with Gasteiger partial charge in [-0.1, -0.05) is 53.5 Å². The first kappa shape index (κ1) is 17.3. The van der Waals surface area contributed by atoms with Gasteiger partial charge in [0, 0.05) is 5.02 Å². The summed E-state index contributed by atoms with van der Waals surface area (Å²) in [7, 11) is 0. The highest BCUT2D eigenvalue weighted by Crippen LogP contribution is 2.21. The predicted molar refractivity (Wildman–Crippen MR) is 89.7 cm³/mol. The molecule has 2 rings (SSSR count). The number of hydrogen-bond acceptors (Lipinski definition) is 3. The smallest absolute Gasteiger partial charge is 0.326 e. The summed E-state index contributed by atoms with van der Waals surface area (Å²) in [4.78, 5) is 23.8. The molecular formula is C17H15Cl2NO3. The summed E-state index contributed by atoms with van der Waals surface area (Å²) in [6, 6.07) is 13.9. The molecule has 0 heterocycles. The van der Waals surface area contributed by atoms with Crippen molar-refractivity contribution in [1.82, 2.24) is 5.32 Å². The fourth-order valence-electron chi connectivity index (χ4n) is 1.95. The third kappa shape index (κ3) is 4.98. The van der Waals surface area contributed by atoms with E-state index in [4.69, 9.17) is 27.9 Å². The third-order valence-corrected chi connectivity index (χ3v) is 3.69. The van der Waals surface area contributed by atoms with Crippen LogP contribution in [0.4, 0.5) is 0 Å². The van der Waals surface area contributed by atoms with Crippen molar-refractivity contribution >= 4 is 35.1 Å². The van der Waals surface area contributed by atoms with Crippen LogP contribution in [0.5, 0.6) is 0 Å². The number of esters is 1. The third-order valence-electron chi connectivity index (χ3n) is 3.15. The number of hydrogen-bond donors (Lipinski definition) is 1. The number of carbonyl (C=O) groups is 2. The summed E-state index contributed by atoms with van der Waals surface area (Å²) in [5, 5.41) is 3.13. The summed E-state index contributed by atoms with van der Waals surface area (Å²) in [5.74, 6) is -0.990. The molecule has 0 fully saturated rings. The van der Waals surface area contributed by atoms with Gasteiger partial charge in [0.15, 0.2) is 0 Å². The van der Waals surface area contributed by atoms with Crippen LogP contribution in [-0.2, 0) is 9.53 Å². The van der Waals surface area contributed by atoms with Crippen LogP contribution in [0.25, 0.3) is 0 Å². The van der Waals surface area contributed by atoms with Crippen LogP contribution < -0.4 is 5.32 Å². The standard InChI is InChI=1S/C17H15Cl2NO3/c1-11(12-5-3-2-4-6-12)23-16(21)10-20-17(22)14-8-7-13(18)9-15(14)19/h2-9,11H,10H2,1H3,(H,20,22)/t11-/m0/s1. The van der Waals surface area contributed by atoms with Crippen molar-refractivity contribution < 1.29 is 14.3 Å². The van der Waals surface area contributed by atoms with Crippen molar-refractivity contribution in [3.8, 4) is 0 Å². The minimum atomic E-state index is -0.528. The van der Waals surface area contributed by atoms with E-state index >= 15 is 0 Å². The first-order chi connectivity index (χ1) is 11.0. The van der Waals surface area contributed by atoms with E-state index in [1.165, 1.54) is 12.1 Å². The number of halogens is 2. The molecule has 0 radical (unpaired) electrons. The number of amides is 1. The Labute approximate surface area is 144 Å². The van der Waals surface area contributed by atoms with Gasteiger partial charge in [0.25, 0.3) is 5.91 Å². The van der Waals surface area contributed by atoms with Gasteiger partial charge in [-0.15, -0.1) is 0 Å². The zero-order valence-corrected chi connectivity index (χ0v) is 13.9. The normalized spacial score (nSPS) is 11.6. The van der Waals surface area contributed by atoms with Crippen LogP contribution in [0.3, 0.4) is 0 Å². The van der Waals surface area contributed by atoms with E-state index in [-0.39, 0.29) is 23.2 Å². The van der Waals surface area contributed by atoms with Crippen LogP contribution in [0.15, 0.2) is 48.5 Å². The van der Waals surface area contributed by atoms with Gasteiger partial charge in [-0.05, 0) is 30.7 Å². The van der Waals surface area contributed by atoms with Crippen molar-refractivity contribution in [2.24, 2.45) is 0 Å². The van der Waals surface area contributed by atoms with Crippen molar-refractivity contribution in [3.05, 3.63) is 69.7 Å². The fraction of sp³-hybridized carbons (Fsp3) is 0.176. The largest absolute Gasteiger partial charge is 0.456 e. The molecule has 1 atom stereocenters. The van der Waals surface area contributed by atoms with Crippen LogP contribution in [0.2, 0.25) is 10.0 Å². The zero-order valence-electron chi connectivity index (χ0n) is 12.4. The summed E-state index contributed by atoms with van der Waals surface area (Å²) < 4.78 is 5.26. The molecule has 0 spiro atoms. The van der Waals surface area contributed by atoms with Crippen LogP contribution >= 0.6 is 23.2 Å². The second-order valence-corrected chi connectivity index (χ2v) is 5.69. The number of benzene rings is 2. The molecule has 2 aromatic carbocycles. The molecule has 0 saturated carbocycles. The maximum Gasteiger partial charge on any atom is 0.326 e. The number of carbonyl (C=O) groups excluding carboxylic acids is 2. The minimum absolute atomic E-state index is 0.223. The Morgan fingerprint density at radius 1 is 1.13 bits per heavy atom. The summed E-state index contributed by atoms with van der Waals surface area (Å²) in [6.07, 6.45) is -0.389. The molecule has 6 heteroatoms. The molecule has 1 amide bonds. The van der Waals surface area contributed by atoms with Crippen molar-refractivity contribution in [2.75, 3.05) is 6.54 Å². The first-order valence-electron chi connectivity index (χ1n) is 6.95. The van der Waals surface area contributed by atoms with E-state index in [1.807, 2.05) is 30.3 Å². The number of ether oxygens (including phenoxy) is 1. The highest BCUT2D eigenvalue weighted by atomic mass is 35.5. The Balaban J connectivity index is 1.88. The van der Waals surface area contributed by atoms with E-state index in [1.54, 1.807) is 13.0 Å². The van der Waals surface area contributed by atoms with Crippen LogP contribution in [0, 0.1) is 0 Å². The number of nitrogens with one attached hydrogen (secondary N) is 1. The average molecular weight is 352 g/mol. The molecule has 0 aliphatic carbocycles. The summed E-state index contributed by atoms with van der Waals surface area (Å²) in [5.41, 5.74) is 1.13. The monoisotopic (exact) mass is 351 g/mol. The Morgan fingerprint density at radius 2 is 1.83 bits per heavy atom. The van der Waals surface area contributed by atoms with Gasteiger partial charge >= 0.3 is 5.97 Å². The van der Waals surface area contributed by atoms with Crippen molar-refractivity contribution in [2.45, 2.75) is 13.0 Å². The van der Waals surface area contributed by atoms with E-state index in [2.05, 4.69) is 5.32 Å². The Hall–Kier alpha value is -2.04. The number of rotatable bonds is 5. The highest BCUT2D eigenvalue weighted by Gasteiger charge is 2.15. The van der Waals surface area contributed by atoms with Gasteiger partial charge in [-0.25, -0.2) is 0 Å². The molecule has 0 aromatic heterocycles. The molecule has 0 bridgehead atoms. The van der Waals surface area contributed by atoms with Gasteiger partial charge < -0.3 is 10.1 Å². The second-order valence-electron chi connectivity index (χ2n) is 4.85. The van der Waals surface area contributed by atoms with E-state index in [0.717, 1.165) is 5.56 Å². The van der Waals surface area contributed by atoms with Crippen LogP contribution in [-0.4, -0.2) is 18.4 Å². The lowest BCUT2D eigenvalue weighted by molar-refractivity contribution is -0.147. The zero-order chi connectivity index (χ0) is 16.8.